The van der Waals surface area contributed by atoms with Crippen LogP contribution in [0.5, 0.6) is 0 Å². The zero-order chi connectivity index (χ0) is 12.8. The summed E-state index contributed by atoms with van der Waals surface area (Å²) in [4.78, 5) is 3.98. The predicted octanol–water partition coefficient (Wildman–Crippen LogP) is 3.00. The second kappa shape index (κ2) is 5.43. The van der Waals surface area contributed by atoms with Crippen molar-refractivity contribution in [3.63, 3.8) is 0 Å². The second-order valence-corrected chi connectivity index (χ2v) is 3.69. The van der Waals surface area contributed by atoms with Crippen molar-refractivity contribution in [3.05, 3.63) is 65.0 Å². The minimum absolute atomic E-state index is 0.530. The van der Waals surface area contributed by atoms with Gasteiger partial charge in [-0.3, -0.25) is 4.98 Å². The molecule has 0 aliphatic rings. The topological polar surface area (TPSA) is 60.5 Å². The second-order valence-electron chi connectivity index (χ2n) is 3.69. The van der Waals surface area contributed by atoms with Gasteiger partial charge in [-0.25, -0.2) is 0 Å². The Labute approximate surface area is 105 Å². The normalized spacial score (nSPS) is 9.89. The van der Waals surface area contributed by atoms with Crippen molar-refractivity contribution < 1.29 is 0 Å². The number of benzene rings is 1. The molecule has 3 nitrogen and oxygen atoms in total. The molecule has 0 fully saturated rings. The first kappa shape index (κ1) is 11.6. The maximum absolute atomic E-state index is 8.80. The maximum atomic E-state index is 8.80. The molecule has 0 aliphatic carbocycles. The molecule has 0 N–H and O–H groups in total. The first-order valence-corrected chi connectivity index (χ1v) is 5.35. The molecule has 18 heavy (non-hydrogen) atoms. The van der Waals surface area contributed by atoms with Crippen LogP contribution in [0.2, 0.25) is 0 Å². The average Bonchev–Trinajstić information content (AvgIpc) is 2.45. The summed E-state index contributed by atoms with van der Waals surface area (Å²) in [7, 11) is 0. The van der Waals surface area contributed by atoms with Crippen LogP contribution in [0.3, 0.4) is 0 Å². The minimum Gasteiger partial charge on any atom is -0.263 e. The molecule has 0 saturated heterocycles. The fourth-order valence-electron chi connectivity index (χ4n) is 1.51. The van der Waals surface area contributed by atoms with Gasteiger partial charge in [-0.1, -0.05) is 24.3 Å². The molecule has 0 bridgehead atoms. The molecule has 84 valence electrons. The lowest BCUT2D eigenvalue weighted by Crippen LogP contribution is -1.81. The highest BCUT2D eigenvalue weighted by Crippen LogP contribution is 2.10. The number of aromatic nitrogens is 1. The van der Waals surface area contributed by atoms with E-state index in [0.29, 0.717) is 11.1 Å². The Bertz CT molecular complexity index is 613. The molecule has 0 atom stereocenters. The molecule has 1 heterocycles. The van der Waals surface area contributed by atoms with E-state index < -0.39 is 0 Å². The molecule has 1 aromatic heterocycles. The Balaban J connectivity index is 2.25. The Morgan fingerprint density at radius 1 is 0.889 bits per heavy atom. The Hall–Kier alpha value is -2.91. The van der Waals surface area contributed by atoms with Crippen LogP contribution in [0.1, 0.15) is 22.3 Å². The monoisotopic (exact) mass is 231 g/mol. The first-order chi connectivity index (χ1) is 8.81. The lowest BCUT2D eigenvalue weighted by atomic mass is 10.1. The van der Waals surface area contributed by atoms with Gasteiger partial charge in [0.1, 0.15) is 6.07 Å². The molecular weight excluding hydrogens is 222 g/mol. The van der Waals surface area contributed by atoms with Crippen LogP contribution in [-0.2, 0) is 0 Å². The fourth-order valence-corrected chi connectivity index (χ4v) is 1.51. The van der Waals surface area contributed by atoms with E-state index in [1.54, 1.807) is 24.4 Å². The predicted molar refractivity (Wildman–Crippen MR) is 69.0 cm³/mol. The smallest absolute Gasteiger partial charge is 0.101 e. The van der Waals surface area contributed by atoms with E-state index in [2.05, 4.69) is 11.1 Å². The molecule has 2 aromatic rings. The molecule has 0 unspecified atom stereocenters. The summed E-state index contributed by atoms with van der Waals surface area (Å²) in [6.45, 7) is 0. The molecular formula is C15H9N3. The van der Waals surface area contributed by atoms with Gasteiger partial charge in [-0.05, 0) is 29.3 Å². The number of nitrogens with zero attached hydrogens (tertiary/aromatic N) is 3. The van der Waals surface area contributed by atoms with Crippen LogP contribution in [0, 0.1) is 22.7 Å². The van der Waals surface area contributed by atoms with Gasteiger partial charge in [-0.15, -0.1) is 0 Å². The standard InChI is InChI=1S/C15H9N3/c16-8-13-3-1-2-12(6-13)4-5-14-7-15(9-17)11-18-10-14/h1-7,10-11H/b5-4+. The van der Waals surface area contributed by atoms with Crippen molar-refractivity contribution in [1.29, 1.82) is 10.5 Å². The first-order valence-electron chi connectivity index (χ1n) is 5.35. The zero-order valence-electron chi connectivity index (χ0n) is 9.54. The van der Waals surface area contributed by atoms with Crippen molar-refractivity contribution >= 4 is 12.2 Å². The Morgan fingerprint density at radius 2 is 1.61 bits per heavy atom. The van der Waals surface area contributed by atoms with Crippen LogP contribution in [0.25, 0.3) is 12.2 Å². The molecule has 0 amide bonds. The molecule has 0 spiro atoms. The highest BCUT2D eigenvalue weighted by Gasteiger charge is 1.93. The van der Waals surface area contributed by atoms with Gasteiger partial charge in [0, 0.05) is 12.4 Å². The molecule has 0 radical (unpaired) electrons. The molecule has 3 heteroatoms. The van der Waals surface area contributed by atoms with Gasteiger partial charge >= 0.3 is 0 Å². The summed E-state index contributed by atoms with van der Waals surface area (Å²) in [6, 6.07) is 13.2. The van der Waals surface area contributed by atoms with Crippen LogP contribution in [-0.4, -0.2) is 4.98 Å². The lowest BCUT2D eigenvalue weighted by molar-refractivity contribution is 1.29. The SMILES string of the molecule is N#Cc1cccc(/C=C/c2cncc(C#N)c2)c1. The van der Waals surface area contributed by atoms with Gasteiger partial charge in [-0.2, -0.15) is 10.5 Å². The quantitative estimate of drug-likeness (QED) is 0.798. The van der Waals surface area contributed by atoms with E-state index in [-0.39, 0.29) is 0 Å². The summed E-state index contributed by atoms with van der Waals surface area (Å²) in [5, 5.41) is 17.6. The maximum Gasteiger partial charge on any atom is 0.101 e. The van der Waals surface area contributed by atoms with Crippen molar-refractivity contribution in [3.8, 4) is 12.1 Å². The average molecular weight is 231 g/mol. The fraction of sp³-hybridized carbons (Fsp3) is 0. The number of pyridine rings is 1. The molecule has 2 rings (SSSR count). The van der Waals surface area contributed by atoms with E-state index >= 15 is 0 Å². The van der Waals surface area contributed by atoms with Gasteiger partial charge in [0.25, 0.3) is 0 Å². The van der Waals surface area contributed by atoms with E-state index in [4.69, 9.17) is 10.5 Å². The number of hydrogen-bond acceptors (Lipinski definition) is 3. The van der Waals surface area contributed by atoms with E-state index in [1.165, 1.54) is 6.20 Å². The Kier molecular flexibility index (Phi) is 3.49. The summed E-state index contributed by atoms with van der Waals surface area (Å²) < 4.78 is 0. The third-order valence-corrected chi connectivity index (χ3v) is 2.37. The van der Waals surface area contributed by atoms with Crippen molar-refractivity contribution in [1.82, 2.24) is 4.98 Å². The summed E-state index contributed by atoms with van der Waals surface area (Å²) in [6.07, 6.45) is 6.96. The number of rotatable bonds is 2. The highest BCUT2D eigenvalue weighted by molar-refractivity contribution is 5.70. The zero-order valence-corrected chi connectivity index (χ0v) is 9.54. The van der Waals surface area contributed by atoms with Crippen LogP contribution >= 0.6 is 0 Å². The third kappa shape index (κ3) is 2.81. The van der Waals surface area contributed by atoms with Crippen LogP contribution in [0.15, 0.2) is 42.7 Å². The third-order valence-electron chi connectivity index (χ3n) is 2.37. The summed E-state index contributed by atoms with van der Waals surface area (Å²) in [5.74, 6) is 0. The highest BCUT2D eigenvalue weighted by atomic mass is 14.6. The summed E-state index contributed by atoms with van der Waals surface area (Å²) in [5.41, 5.74) is 2.96. The lowest BCUT2D eigenvalue weighted by Gasteiger charge is -1.95. The number of hydrogen-bond donors (Lipinski definition) is 0. The number of nitriles is 2. The molecule has 1 aromatic carbocycles. The summed E-state index contributed by atoms with van der Waals surface area (Å²) >= 11 is 0. The van der Waals surface area contributed by atoms with Gasteiger partial charge in [0.15, 0.2) is 0 Å². The minimum atomic E-state index is 0.530. The van der Waals surface area contributed by atoms with Gasteiger partial charge in [0.2, 0.25) is 0 Å². The van der Waals surface area contributed by atoms with Gasteiger partial charge in [0.05, 0.1) is 17.2 Å². The van der Waals surface area contributed by atoms with Crippen molar-refractivity contribution in [2.24, 2.45) is 0 Å². The Morgan fingerprint density at radius 3 is 2.39 bits per heavy atom. The van der Waals surface area contributed by atoms with Crippen molar-refractivity contribution in [2.45, 2.75) is 0 Å². The van der Waals surface area contributed by atoms with Gasteiger partial charge < -0.3 is 0 Å². The van der Waals surface area contributed by atoms with Crippen molar-refractivity contribution in [2.75, 3.05) is 0 Å². The van der Waals surface area contributed by atoms with E-state index in [0.717, 1.165) is 11.1 Å². The molecule has 0 saturated carbocycles. The largest absolute Gasteiger partial charge is 0.263 e. The van der Waals surface area contributed by atoms with E-state index in [1.807, 2.05) is 30.4 Å². The van der Waals surface area contributed by atoms with Crippen LogP contribution < -0.4 is 0 Å². The van der Waals surface area contributed by atoms with E-state index in [9.17, 15) is 0 Å². The molecule has 0 aliphatic heterocycles. The van der Waals surface area contributed by atoms with Crippen LogP contribution in [0.4, 0.5) is 0 Å².